The Bertz CT molecular complexity index is 976. The largest absolute Gasteiger partial charge is 0.454 e. The summed E-state index contributed by atoms with van der Waals surface area (Å²) in [5.41, 5.74) is 2.09. The van der Waals surface area contributed by atoms with Gasteiger partial charge in [0.1, 0.15) is 5.82 Å². The molecule has 0 aromatic heterocycles. The fourth-order valence-electron chi connectivity index (χ4n) is 2.74. The second kappa shape index (κ2) is 6.96. The van der Waals surface area contributed by atoms with Crippen molar-refractivity contribution in [3.63, 3.8) is 0 Å². The minimum Gasteiger partial charge on any atom is -0.454 e. The third-order valence-electron chi connectivity index (χ3n) is 4.20. The van der Waals surface area contributed by atoms with Crippen LogP contribution in [0.2, 0.25) is 0 Å². The summed E-state index contributed by atoms with van der Waals surface area (Å²) in [7, 11) is 0. The van der Waals surface area contributed by atoms with Crippen molar-refractivity contribution >= 4 is 34.7 Å². The van der Waals surface area contributed by atoms with Crippen LogP contribution in [0, 0.1) is 12.7 Å². The average Bonchev–Trinajstić information content (AvgIpc) is 3.21. The third kappa shape index (κ3) is 3.48. The standard InChI is InChI=1S/C19H15FN2O4S/c1-11-2-4-13(20)8-14(11)21-9-22-18(23)17(27-19(22)24)7-12-3-5-15-16(6-12)26-10-25-15/h2-8,21H,9-10H2,1H3/b17-7+. The number of amides is 2. The van der Waals surface area contributed by atoms with Gasteiger partial charge < -0.3 is 14.8 Å². The maximum atomic E-state index is 13.4. The number of rotatable bonds is 4. The molecule has 0 spiro atoms. The van der Waals surface area contributed by atoms with Gasteiger partial charge in [0.2, 0.25) is 6.79 Å². The predicted molar refractivity (Wildman–Crippen MR) is 100 cm³/mol. The van der Waals surface area contributed by atoms with E-state index in [4.69, 9.17) is 9.47 Å². The maximum Gasteiger partial charge on any atom is 0.295 e. The molecule has 2 aliphatic heterocycles. The van der Waals surface area contributed by atoms with Crippen LogP contribution in [0.1, 0.15) is 11.1 Å². The van der Waals surface area contributed by atoms with E-state index in [9.17, 15) is 14.0 Å². The van der Waals surface area contributed by atoms with Crippen molar-refractivity contribution in [1.29, 1.82) is 0 Å². The lowest BCUT2D eigenvalue weighted by Crippen LogP contribution is -2.33. The smallest absolute Gasteiger partial charge is 0.295 e. The third-order valence-corrected chi connectivity index (χ3v) is 5.10. The average molecular weight is 386 g/mol. The van der Waals surface area contributed by atoms with Crippen molar-refractivity contribution in [2.75, 3.05) is 18.8 Å². The maximum absolute atomic E-state index is 13.4. The van der Waals surface area contributed by atoms with Gasteiger partial charge >= 0.3 is 0 Å². The monoisotopic (exact) mass is 386 g/mol. The summed E-state index contributed by atoms with van der Waals surface area (Å²) >= 11 is 0.865. The van der Waals surface area contributed by atoms with E-state index in [-0.39, 0.29) is 24.5 Å². The lowest BCUT2D eigenvalue weighted by molar-refractivity contribution is -0.122. The summed E-state index contributed by atoms with van der Waals surface area (Å²) in [6.45, 7) is 1.95. The molecule has 27 heavy (non-hydrogen) atoms. The van der Waals surface area contributed by atoms with Crippen LogP contribution in [0.5, 0.6) is 11.5 Å². The fraction of sp³-hybridized carbons (Fsp3) is 0.158. The van der Waals surface area contributed by atoms with Crippen molar-refractivity contribution in [2.24, 2.45) is 0 Å². The van der Waals surface area contributed by atoms with E-state index in [2.05, 4.69) is 5.32 Å². The van der Waals surface area contributed by atoms with Crippen LogP contribution in [-0.2, 0) is 4.79 Å². The molecule has 2 aliphatic rings. The molecule has 2 amide bonds. The molecule has 0 radical (unpaired) electrons. The number of nitrogens with one attached hydrogen (secondary N) is 1. The second-order valence-electron chi connectivity index (χ2n) is 6.02. The Morgan fingerprint density at radius 3 is 2.85 bits per heavy atom. The first-order valence-corrected chi connectivity index (χ1v) is 8.98. The Balaban J connectivity index is 1.49. The summed E-state index contributed by atoms with van der Waals surface area (Å²) in [6.07, 6.45) is 1.64. The van der Waals surface area contributed by atoms with Crippen LogP contribution in [-0.4, -0.2) is 29.5 Å². The van der Waals surface area contributed by atoms with Crippen molar-refractivity contribution < 1.29 is 23.5 Å². The van der Waals surface area contributed by atoms with Crippen LogP contribution in [0.15, 0.2) is 41.3 Å². The predicted octanol–water partition coefficient (Wildman–Crippen LogP) is 3.97. The lowest BCUT2D eigenvalue weighted by Gasteiger charge is -2.16. The molecule has 0 bridgehead atoms. The number of carbonyl (C=O) groups is 2. The molecule has 0 atom stereocenters. The van der Waals surface area contributed by atoms with Gasteiger partial charge in [0, 0.05) is 5.69 Å². The Morgan fingerprint density at radius 2 is 2.00 bits per heavy atom. The molecule has 6 nitrogen and oxygen atoms in total. The Kier molecular flexibility index (Phi) is 4.49. The highest BCUT2D eigenvalue weighted by molar-refractivity contribution is 8.18. The molecule has 0 saturated carbocycles. The molecule has 0 unspecified atom stereocenters. The van der Waals surface area contributed by atoms with E-state index in [1.54, 1.807) is 30.3 Å². The second-order valence-corrected chi connectivity index (χ2v) is 7.01. The molecule has 2 aromatic rings. The van der Waals surface area contributed by atoms with Crippen LogP contribution in [0.25, 0.3) is 6.08 Å². The van der Waals surface area contributed by atoms with Gasteiger partial charge in [0.05, 0.1) is 11.6 Å². The van der Waals surface area contributed by atoms with Crippen LogP contribution in [0.3, 0.4) is 0 Å². The molecular weight excluding hydrogens is 371 g/mol. The van der Waals surface area contributed by atoms with Gasteiger partial charge in [-0.05, 0) is 60.2 Å². The van der Waals surface area contributed by atoms with Gasteiger partial charge in [0.25, 0.3) is 11.1 Å². The molecule has 1 N–H and O–H groups in total. The van der Waals surface area contributed by atoms with Crippen LogP contribution in [0.4, 0.5) is 14.9 Å². The first-order valence-electron chi connectivity index (χ1n) is 8.16. The highest BCUT2D eigenvalue weighted by atomic mass is 32.2. The topological polar surface area (TPSA) is 67.9 Å². The number of aryl methyl sites for hydroxylation is 1. The number of hydrogen-bond donors (Lipinski definition) is 1. The molecule has 138 valence electrons. The minimum absolute atomic E-state index is 0.0343. The van der Waals surface area contributed by atoms with E-state index in [1.807, 2.05) is 6.92 Å². The first kappa shape index (κ1) is 17.4. The summed E-state index contributed by atoms with van der Waals surface area (Å²) in [5, 5.41) is 2.56. The summed E-state index contributed by atoms with van der Waals surface area (Å²) < 4.78 is 24.0. The zero-order valence-corrected chi connectivity index (χ0v) is 15.1. The number of imide groups is 1. The van der Waals surface area contributed by atoms with E-state index in [1.165, 1.54) is 12.1 Å². The quantitative estimate of drug-likeness (QED) is 0.802. The van der Waals surface area contributed by atoms with Crippen molar-refractivity contribution in [3.8, 4) is 11.5 Å². The lowest BCUT2D eigenvalue weighted by atomic mass is 10.2. The number of ether oxygens (including phenoxy) is 2. The molecule has 2 heterocycles. The van der Waals surface area contributed by atoms with Gasteiger partial charge in [-0.3, -0.25) is 14.5 Å². The molecular formula is C19H15FN2O4S. The SMILES string of the molecule is Cc1ccc(F)cc1NCN1C(=O)S/C(=C/c2ccc3c(c2)OCO3)C1=O. The molecule has 4 rings (SSSR count). The minimum atomic E-state index is -0.399. The molecule has 2 aromatic carbocycles. The number of hydrogen-bond acceptors (Lipinski definition) is 6. The van der Waals surface area contributed by atoms with Crippen molar-refractivity contribution in [3.05, 3.63) is 58.2 Å². The number of benzene rings is 2. The number of thioether (sulfide) groups is 1. The number of fused-ring (bicyclic) bond motifs is 1. The van der Waals surface area contributed by atoms with E-state index in [0.29, 0.717) is 22.1 Å². The Labute approximate surface area is 158 Å². The van der Waals surface area contributed by atoms with Crippen LogP contribution < -0.4 is 14.8 Å². The van der Waals surface area contributed by atoms with Gasteiger partial charge in [-0.2, -0.15) is 0 Å². The number of nitrogens with zero attached hydrogens (tertiary/aromatic N) is 1. The Hall–Kier alpha value is -3.00. The summed E-state index contributed by atoms with van der Waals surface area (Å²) in [5.74, 6) is 0.463. The Morgan fingerprint density at radius 1 is 1.19 bits per heavy atom. The van der Waals surface area contributed by atoms with Gasteiger partial charge in [0.15, 0.2) is 11.5 Å². The normalized spacial score (nSPS) is 17.1. The molecule has 1 fully saturated rings. The highest BCUT2D eigenvalue weighted by Crippen LogP contribution is 2.36. The van der Waals surface area contributed by atoms with E-state index < -0.39 is 5.91 Å². The summed E-state index contributed by atoms with van der Waals surface area (Å²) in [4.78, 5) is 26.2. The summed E-state index contributed by atoms with van der Waals surface area (Å²) in [6, 6.07) is 9.61. The number of carbonyl (C=O) groups excluding carboxylic acids is 2. The van der Waals surface area contributed by atoms with Crippen molar-refractivity contribution in [1.82, 2.24) is 4.90 Å². The zero-order chi connectivity index (χ0) is 19.0. The number of halogens is 1. The van der Waals surface area contributed by atoms with E-state index >= 15 is 0 Å². The fourth-order valence-corrected chi connectivity index (χ4v) is 3.58. The van der Waals surface area contributed by atoms with Crippen molar-refractivity contribution in [2.45, 2.75) is 6.92 Å². The zero-order valence-electron chi connectivity index (χ0n) is 14.3. The molecule has 0 aliphatic carbocycles. The number of anilines is 1. The molecule has 1 saturated heterocycles. The molecule has 8 heteroatoms. The van der Waals surface area contributed by atoms with Crippen LogP contribution >= 0.6 is 11.8 Å². The first-order chi connectivity index (χ1) is 13.0. The highest BCUT2D eigenvalue weighted by Gasteiger charge is 2.35. The van der Waals surface area contributed by atoms with Gasteiger partial charge in [-0.25, -0.2) is 4.39 Å². The van der Waals surface area contributed by atoms with Gasteiger partial charge in [-0.1, -0.05) is 12.1 Å². The van der Waals surface area contributed by atoms with E-state index in [0.717, 1.165) is 27.8 Å². The van der Waals surface area contributed by atoms with Gasteiger partial charge in [-0.15, -0.1) is 0 Å².